The lowest BCUT2D eigenvalue weighted by Gasteiger charge is -2.46. The van der Waals surface area contributed by atoms with E-state index in [2.05, 4.69) is 4.98 Å². The molecule has 4 heterocycles. The Morgan fingerprint density at radius 1 is 1.20 bits per heavy atom. The molecule has 0 aliphatic carbocycles. The zero-order valence-electron chi connectivity index (χ0n) is 25.7. The summed E-state index contributed by atoms with van der Waals surface area (Å²) >= 11 is 0. The minimum atomic E-state index is -3.13. The van der Waals surface area contributed by atoms with Crippen LogP contribution in [0.25, 0.3) is 0 Å². The van der Waals surface area contributed by atoms with Crippen molar-refractivity contribution in [3.63, 3.8) is 0 Å². The van der Waals surface area contributed by atoms with E-state index in [1.165, 1.54) is 26.1 Å². The number of rotatable bonds is 6. The van der Waals surface area contributed by atoms with Gasteiger partial charge in [0, 0.05) is 74.3 Å². The van der Waals surface area contributed by atoms with Crippen LogP contribution in [0.1, 0.15) is 79.5 Å². The van der Waals surface area contributed by atoms with Crippen LogP contribution in [0.4, 0.5) is 19.3 Å². The second kappa shape index (κ2) is 11.1. The van der Waals surface area contributed by atoms with Crippen molar-refractivity contribution in [1.29, 1.82) is 0 Å². The number of anilines is 1. The van der Waals surface area contributed by atoms with Gasteiger partial charge in [0.25, 0.3) is 5.92 Å². The highest BCUT2D eigenvalue weighted by Crippen LogP contribution is 2.44. The average Bonchev–Trinajstić information content (AvgIpc) is 3.38. The summed E-state index contributed by atoms with van der Waals surface area (Å²) in [6, 6.07) is 0.856. The molecule has 0 saturated carbocycles. The summed E-state index contributed by atoms with van der Waals surface area (Å²) in [5, 5.41) is 0. The summed E-state index contributed by atoms with van der Waals surface area (Å²) in [6.07, 6.45) is 2.34. The van der Waals surface area contributed by atoms with Crippen molar-refractivity contribution < 1.29 is 27.9 Å². The van der Waals surface area contributed by atoms with Gasteiger partial charge in [-0.15, -0.1) is 0 Å². The highest BCUT2D eigenvalue weighted by molar-refractivity contribution is 5.97. The third-order valence-electron chi connectivity index (χ3n) is 8.35. The molecule has 1 aromatic heterocycles. The van der Waals surface area contributed by atoms with Crippen molar-refractivity contribution in [2.45, 2.75) is 97.3 Å². The monoisotopic (exact) mass is 577 g/mol. The van der Waals surface area contributed by atoms with Gasteiger partial charge in [0.1, 0.15) is 11.3 Å². The van der Waals surface area contributed by atoms with Crippen LogP contribution in [0.2, 0.25) is 0 Å². The van der Waals surface area contributed by atoms with Crippen LogP contribution in [0.5, 0.6) is 0 Å². The van der Waals surface area contributed by atoms with Crippen LogP contribution in [-0.2, 0) is 25.7 Å². The van der Waals surface area contributed by atoms with Crippen molar-refractivity contribution in [3.05, 3.63) is 23.5 Å². The number of pyridine rings is 1. The zero-order valence-corrected chi connectivity index (χ0v) is 25.7. The fourth-order valence-electron chi connectivity index (χ4n) is 5.92. The Morgan fingerprint density at radius 3 is 2.46 bits per heavy atom. The Morgan fingerprint density at radius 2 is 1.88 bits per heavy atom. The van der Waals surface area contributed by atoms with E-state index in [1.807, 2.05) is 46.4 Å². The maximum absolute atomic E-state index is 14.9. The van der Waals surface area contributed by atoms with E-state index in [9.17, 15) is 23.2 Å². The maximum atomic E-state index is 14.9. The predicted octanol–water partition coefficient (Wildman–Crippen LogP) is 4.39. The second-order valence-electron chi connectivity index (χ2n) is 13.7. The summed E-state index contributed by atoms with van der Waals surface area (Å²) in [5.41, 5.74) is -0.214. The van der Waals surface area contributed by atoms with E-state index < -0.39 is 28.9 Å². The molecule has 0 aromatic carbocycles. The number of piperazine rings is 1. The number of ether oxygens (including phenoxy) is 1. The molecule has 0 bridgehead atoms. The Balaban J connectivity index is 1.59. The van der Waals surface area contributed by atoms with E-state index in [0.29, 0.717) is 44.8 Å². The molecule has 2 saturated heterocycles. The van der Waals surface area contributed by atoms with E-state index in [4.69, 9.17) is 4.74 Å². The average molecular weight is 578 g/mol. The molecule has 228 valence electrons. The largest absolute Gasteiger partial charge is 0.444 e. The van der Waals surface area contributed by atoms with Crippen molar-refractivity contribution in [2.75, 3.05) is 44.2 Å². The van der Waals surface area contributed by atoms with E-state index in [1.54, 1.807) is 14.7 Å². The molecule has 4 rings (SSSR count). The number of aromatic nitrogens is 1. The van der Waals surface area contributed by atoms with Gasteiger partial charge in [-0.25, -0.2) is 4.79 Å². The predicted molar refractivity (Wildman–Crippen MR) is 152 cm³/mol. The highest BCUT2D eigenvalue weighted by atomic mass is 19.3. The molecule has 0 spiro atoms. The van der Waals surface area contributed by atoms with Crippen LogP contribution in [0.3, 0.4) is 0 Å². The number of halogens is 2. The molecule has 0 radical (unpaired) electrons. The fraction of sp³-hybridized carbons (Fsp3) is 0.733. The lowest BCUT2D eigenvalue weighted by Crippen LogP contribution is -2.63. The smallest absolute Gasteiger partial charge is 0.410 e. The van der Waals surface area contributed by atoms with Gasteiger partial charge >= 0.3 is 6.09 Å². The number of alkyl halides is 2. The molecule has 3 aliphatic heterocycles. The third kappa shape index (κ3) is 6.49. The number of likely N-dealkylation sites (tertiary alicyclic amines) is 1. The van der Waals surface area contributed by atoms with Gasteiger partial charge in [0.2, 0.25) is 11.8 Å². The normalized spacial score (nSPS) is 23.4. The molecular weight excluding hydrogens is 532 g/mol. The first-order chi connectivity index (χ1) is 18.9. The van der Waals surface area contributed by atoms with Crippen LogP contribution < -0.4 is 4.90 Å². The maximum Gasteiger partial charge on any atom is 0.410 e. The molecule has 1 aromatic rings. The van der Waals surface area contributed by atoms with Gasteiger partial charge < -0.3 is 19.4 Å². The molecule has 0 N–H and O–H groups in total. The molecular formula is C30H45F2N5O4. The quantitative estimate of drug-likeness (QED) is 0.499. The number of hydrogen-bond donors (Lipinski definition) is 0. The molecule has 0 unspecified atom stereocenters. The zero-order chi connectivity index (χ0) is 30.5. The molecule has 3 aliphatic rings. The molecule has 9 nitrogen and oxygen atoms in total. The highest BCUT2D eigenvalue weighted by Gasteiger charge is 2.44. The SMILES string of the molecule is CC(C)C(F)(F)c1cc2c(cn1)C(C)(C)CN2C(=O)CN1C[C@@H](C)N(C(=O)OC(C)(C)C)C[C@@H]1CN1CCCC1=O. The van der Waals surface area contributed by atoms with Gasteiger partial charge in [-0.2, -0.15) is 8.78 Å². The fourth-order valence-corrected chi connectivity index (χ4v) is 5.92. The lowest BCUT2D eigenvalue weighted by atomic mass is 9.88. The van der Waals surface area contributed by atoms with Crippen LogP contribution in [-0.4, -0.2) is 94.5 Å². The van der Waals surface area contributed by atoms with Crippen LogP contribution in [0.15, 0.2) is 12.3 Å². The van der Waals surface area contributed by atoms with Crippen molar-refractivity contribution in [2.24, 2.45) is 5.92 Å². The van der Waals surface area contributed by atoms with Crippen molar-refractivity contribution in [3.8, 4) is 0 Å². The summed E-state index contributed by atoms with van der Waals surface area (Å²) in [7, 11) is 0. The van der Waals surface area contributed by atoms with Crippen LogP contribution in [0, 0.1) is 5.92 Å². The standard InChI is InChI=1S/C30H45F2N5O4/c1-19(2)30(31,32)24-12-23-22(13-33-24)29(7,8)18-37(23)26(39)17-35-14-20(3)36(27(40)41-28(4,5)6)16-21(35)15-34-11-9-10-25(34)38/h12-13,19-21H,9-11,14-18H2,1-8H3/t20-,21+/m1/s1. The minimum Gasteiger partial charge on any atom is -0.444 e. The first-order valence-electron chi connectivity index (χ1n) is 14.6. The van der Waals surface area contributed by atoms with E-state index >= 15 is 0 Å². The second-order valence-corrected chi connectivity index (χ2v) is 13.7. The first kappa shape index (κ1) is 31.1. The van der Waals surface area contributed by atoms with Crippen molar-refractivity contribution in [1.82, 2.24) is 19.7 Å². The van der Waals surface area contributed by atoms with Gasteiger partial charge in [0.15, 0.2) is 0 Å². The number of amides is 3. The lowest BCUT2D eigenvalue weighted by molar-refractivity contribution is -0.129. The Bertz CT molecular complexity index is 1180. The third-order valence-corrected chi connectivity index (χ3v) is 8.35. The number of hydrogen-bond acceptors (Lipinski definition) is 6. The number of carbonyl (C=O) groups is 3. The Hall–Kier alpha value is -2.82. The molecule has 2 fully saturated rings. The first-order valence-corrected chi connectivity index (χ1v) is 14.6. The van der Waals surface area contributed by atoms with Gasteiger partial charge in [-0.05, 0) is 40.2 Å². The Labute approximate surface area is 242 Å². The summed E-state index contributed by atoms with van der Waals surface area (Å²) < 4.78 is 35.5. The molecule has 3 amide bonds. The van der Waals surface area contributed by atoms with Gasteiger partial charge in [-0.1, -0.05) is 27.7 Å². The van der Waals surface area contributed by atoms with Gasteiger partial charge in [0.05, 0.1) is 12.2 Å². The molecule has 41 heavy (non-hydrogen) atoms. The topological polar surface area (TPSA) is 86.3 Å². The summed E-state index contributed by atoms with van der Waals surface area (Å²) in [6.45, 7) is 16.4. The number of carbonyl (C=O) groups excluding carboxylic acids is 3. The summed E-state index contributed by atoms with van der Waals surface area (Å²) in [4.78, 5) is 50.6. The van der Waals surface area contributed by atoms with Gasteiger partial charge in [-0.3, -0.25) is 19.5 Å². The van der Waals surface area contributed by atoms with Crippen molar-refractivity contribution >= 4 is 23.6 Å². The molecule has 11 heteroatoms. The van der Waals surface area contributed by atoms with E-state index in [-0.39, 0.29) is 36.1 Å². The molecule has 2 atom stereocenters. The van der Waals surface area contributed by atoms with E-state index in [0.717, 1.165) is 12.0 Å². The number of fused-ring (bicyclic) bond motifs is 1. The number of nitrogens with zero attached hydrogens (tertiary/aromatic N) is 5. The summed E-state index contributed by atoms with van der Waals surface area (Å²) in [5.74, 6) is -4.21. The Kier molecular flexibility index (Phi) is 8.44. The van der Waals surface area contributed by atoms with Crippen LogP contribution >= 0.6 is 0 Å². The minimum absolute atomic E-state index is 0.0347.